The predicted octanol–water partition coefficient (Wildman–Crippen LogP) is 0.264. The molecule has 0 saturated carbocycles. The van der Waals surface area contributed by atoms with Crippen LogP contribution in [0.4, 0.5) is 5.69 Å². The second-order valence-electron chi connectivity index (χ2n) is 3.80. The van der Waals surface area contributed by atoms with Crippen molar-refractivity contribution in [2.75, 3.05) is 18.5 Å². The summed E-state index contributed by atoms with van der Waals surface area (Å²) in [5, 5.41) is 22.9. The van der Waals surface area contributed by atoms with E-state index in [0.29, 0.717) is 5.69 Å². The number of amidine groups is 2. The molecule has 0 amide bonds. The molecule has 1 aromatic rings. The predicted molar refractivity (Wildman–Crippen MR) is 74.4 cm³/mol. The number of anilines is 1. The van der Waals surface area contributed by atoms with Crippen molar-refractivity contribution in [2.45, 2.75) is 0 Å². The summed E-state index contributed by atoms with van der Waals surface area (Å²) in [4.78, 5) is 4.33. The highest BCUT2D eigenvalue weighted by atomic mass is 15.3. The first-order valence-corrected chi connectivity index (χ1v) is 5.68. The quantitative estimate of drug-likeness (QED) is 0.350. The first kappa shape index (κ1) is 12.6. The summed E-state index contributed by atoms with van der Waals surface area (Å²) in [6, 6.07) is 9.20. The van der Waals surface area contributed by atoms with Crippen molar-refractivity contribution < 1.29 is 0 Å². The Morgan fingerprint density at radius 2 is 2.32 bits per heavy atom. The number of nitrogens with one attached hydrogen (secondary N) is 3. The second-order valence-corrected chi connectivity index (χ2v) is 3.80. The van der Waals surface area contributed by atoms with Crippen molar-refractivity contribution >= 4 is 23.1 Å². The summed E-state index contributed by atoms with van der Waals surface area (Å²) in [5.41, 5.74) is 9.38. The van der Waals surface area contributed by atoms with Crippen molar-refractivity contribution in [1.82, 2.24) is 5.32 Å². The lowest BCUT2D eigenvalue weighted by Gasteiger charge is -2.09. The third-order valence-corrected chi connectivity index (χ3v) is 2.51. The van der Waals surface area contributed by atoms with Crippen LogP contribution in [-0.2, 0) is 0 Å². The molecule has 2 rings (SSSR count). The third-order valence-electron chi connectivity index (χ3n) is 2.51. The van der Waals surface area contributed by atoms with E-state index < -0.39 is 0 Å². The number of nitrogens with two attached hydrogens (primary N) is 1. The van der Waals surface area contributed by atoms with Crippen LogP contribution in [0.3, 0.4) is 0 Å². The molecule has 0 unspecified atom stereocenters. The molecule has 0 saturated heterocycles. The molecule has 7 nitrogen and oxygen atoms in total. The molecule has 1 aliphatic heterocycles. The van der Waals surface area contributed by atoms with Gasteiger partial charge < -0.3 is 11.1 Å². The van der Waals surface area contributed by atoms with Crippen LogP contribution in [0.2, 0.25) is 0 Å². The third kappa shape index (κ3) is 2.87. The summed E-state index contributed by atoms with van der Waals surface area (Å²) >= 11 is 0. The van der Waals surface area contributed by atoms with Crippen LogP contribution in [-0.4, -0.2) is 30.5 Å². The van der Waals surface area contributed by atoms with Crippen molar-refractivity contribution in [3.8, 4) is 6.07 Å². The Labute approximate surface area is 110 Å². The Morgan fingerprint density at radius 1 is 1.53 bits per heavy atom. The molecule has 0 radical (unpaired) electrons. The molecule has 0 bridgehead atoms. The largest absolute Gasteiger partial charge is 0.382 e. The lowest BCUT2D eigenvalue weighted by Crippen LogP contribution is -2.23. The number of benzene rings is 1. The Kier molecular flexibility index (Phi) is 3.73. The van der Waals surface area contributed by atoms with E-state index in [-0.39, 0.29) is 11.5 Å². The van der Waals surface area contributed by atoms with E-state index in [2.05, 4.69) is 20.8 Å². The zero-order valence-corrected chi connectivity index (χ0v) is 10.1. The highest BCUT2D eigenvalue weighted by molar-refractivity contribution is 6.45. The minimum absolute atomic E-state index is 0.156. The van der Waals surface area contributed by atoms with E-state index in [1.807, 2.05) is 24.3 Å². The van der Waals surface area contributed by atoms with Crippen LogP contribution in [0.1, 0.15) is 5.56 Å². The van der Waals surface area contributed by atoms with Gasteiger partial charge in [0, 0.05) is 12.1 Å². The van der Waals surface area contributed by atoms with Gasteiger partial charge in [-0.1, -0.05) is 12.1 Å². The number of hydrogen-bond acceptors (Lipinski definition) is 6. The summed E-state index contributed by atoms with van der Waals surface area (Å²) < 4.78 is 0. The van der Waals surface area contributed by atoms with Gasteiger partial charge in [-0.3, -0.25) is 15.8 Å². The smallest absolute Gasteiger partial charge is 0.201 e. The molecule has 1 heterocycles. The molecule has 1 aromatic carbocycles. The maximum atomic E-state index is 8.78. The Morgan fingerprint density at radius 3 is 2.95 bits per heavy atom. The average Bonchev–Trinajstić information content (AvgIpc) is 2.93. The second kappa shape index (κ2) is 5.64. The van der Waals surface area contributed by atoms with E-state index in [1.54, 1.807) is 6.07 Å². The van der Waals surface area contributed by atoms with E-state index in [9.17, 15) is 0 Å². The normalized spacial score (nSPS) is 14.3. The van der Waals surface area contributed by atoms with Gasteiger partial charge in [-0.25, -0.2) is 0 Å². The number of hydrogen-bond donors (Lipinski definition) is 4. The first-order valence-electron chi connectivity index (χ1n) is 5.68. The molecule has 0 aromatic heterocycles. The number of rotatable bonds is 4. The van der Waals surface area contributed by atoms with Crippen molar-refractivity contribution in [1.29, 1.82) is 10.7 Å². The van der Waals surface area contributed by atoms with Gasteiger partial charge in [0.15, 0.2) is 5.84 Å². The first-order chi connectivity index (χ1) is 9.22. The van der Waals surface area contributed by atoms with Gasteiger partial charge in [0.1, 0.15) is 11.9 Å². The molecule has 5 N–H and O–H groups in total. The topological polar surface area (TPSA) is 122 Å². The van der Waals surface area contributed by atoms with Crippen molar-refractivity contribution in [2.24, 2.45) is 15.8 Å². The van der Waals surface area contributed by atoms with E-state index >= 15 is 0 Å². The lowest BCUT2D eigenvalue weighted by atomic mass is 10.1. The summed E-state index contributed by atoms with van der Waals surface area (Å²) in [6.07, 6.45) is 0. The Hall–Kier alpha value is -2.88. The zero-order chi connectivity index (χ0) is 13.7. The monoisotopic (exact) mass is 255 g/mol. The molecular weight excluding hydrogens is 242 g/mol. The maximum Gasteiger partial charge on any atom is 0.201 e. The number of hydrazone groups is 1. The SMILES string of the molecule is N#C/C(=N\Nc1ccccc1C1=NCCN1)C(=N)N. The molecule has 0 atom stereocenters. The van der Waals surface area contributed by atoms with Crippen molar-refractivity contribution in [3.05, 3.63) is 29.8 Å². The Balaban J connectivity index is 2.26. The molecule has 1 aliphatic rings. The minimum Gasteiger partial charge on any atom is -0.382 e. The number of nitrogens with zero attached hydrogens (tertiary/aromatic N) is 3. The summed E-state index contributed by atoms with van der Waals surface area (Å²) in [6.45, 7) is 1.55. The molecule has 0 spiro atoms. The fraction of sp³-hybridized carbons (Fsp3) is 0.167. The van der Waals surface area contributed by atoms with Crippen LogP contribution in [0.15, 0.2) is 34.4 Å². The molecule has 0 fully saturated rings. The Bertz CT molecular complexity index is 594. The van der Waals surface area contributed by atoms with Crippen LogP contribution in [0, 0.1) is 16.7 Å². The van der Waals surface area contributed by atoms with Crippen LogP contribution in [0.5, 0.6) is 0 Å². The van der Waals surface area contributed by atoms with Gasteiger partial charge in [0.05, 0.1) is 12.2 Å². The molecule has 0 aliphatic carbocycles. The van der Waals surface area contributed by atoms with Crippen LogP contribution < -0.4 is 16.5 Å². The highest BCUT2D eigenvalue weighted by Gasteiger charge is 2.12. The fourth-order valence-corrected chi connectivity index (χ4v) is 1.63. The standard InChI is InChI=1S/C12H13N7/c13-7-10(11(14)15)19-18-9-4-2-1-3-8(9)12-16-5-6-17-12/h1-4,18H,5-6H2,(H3,14,15)(H,16,17)/b19-10+. The van der Waals surface area contributed by atoms with Gasteiger partial charge in [0.2, 0.25) is 5.71 Å². The van der Waals surface area contributed by atoms with Gasteiger partial charge in [0.25, 0.3) is 0 Å². The number of nitriles is 1. The number of para-hydroxylation sites is 1. The van der Waals surface area contributed by atoms with Crippen molar-refractivity contribution in [3.63, 3.8) is 0 Å². The fourth-order valence-electron chi connectivity index (χ4n) is 1.63. The maximum absolute atomic E-state index is 8.78. The average molecular weight is 255 g/mol. The van der Waals surface area contributed by atoms with E-state index in [4.69, 9.17) is 16.4 Å². The minimum atomic E-state index is -0.371. The molecule has 19 heavy (non-hydrogen) atoms. The van der Waals surface area contributed by atoms with Crippen LogP contribution in [0.25, 0.3) is 0 Å². The summed E-state index contributed by atoms with van der Waals surface area (Å²) in [5.74, 6) is 0.420. The van der Waals surface area contributed by atoms with Gasteiger partial charge >= 0.3 is 0 Å². The van der Waals surface area contributed by atoms with Gasteiger partial charge in [-0.05, 0) is 12.1 Å². The summed E-state index contributed by atoms with van der Waals surface area (Å²) in [7, 11) is 0. The van der Waals surface area contributed by atoms with E-state index in [1.165, 1.54) is 0 Å². The van der Waals surface area contributed by atoms with Gasteiger partial charge in [-0.15, -0.1) is 0 Å². The highest BCUT2D eigenvalue weighted by Crippen LogP contribution is 2.16. The molecule has 7 heteroatoms. The zero-order valence-electron chi connectivity index (χ0n) is 10.1. The van der Waals surface area contributed by atoms with Crippen LogP contribution >= 0.6 is 0 Å². The van der Waals surface area contributed by atoms with E-state index in [0.717, 1.165) is 24.5 Å². The molecule has 96 valence electrons. The lowest BCUT2D eigenvalue weighted by molar-refractivity contribution is 0.960. The molecular formula is C12H13N7. The number of aliphatic imine (C=N–C) groups is 1. The van der Waals surface area contributed by atoms with Gasteiger partial charge in [-0.2, -0.15) is 10.4 Å².